The van der Waals surface area contributed by atoms with Gasteiger partial charge in [-0.1, -0.05) is 24.3 Å². The number of halogens is 1. The number of hydrogen-bond donors (Lipinski definition) is 1. The lowest BCUT2D eigenvalue weighted by Gasteiger charge is -2.11. The van der Waals surface area contributed by atoms with Crippen LogP contribution in [0, 0.1) is 20.8 Å². The SMILES string of the molecule is Cc1ccc(C)c(NC(=O)c2cccc(C)c2Br)c1. The molecule has 3 heteroatoms. The molecule has 0 heterocycles. The Bertz CT molecular complexity index is 635. The Labute approximate surface area is 122 Å². The summed E-state index contributed by atoms with van der Waals surface area (Å²) < 4.78 is 0.845. The van der Waals surface area contributed by atoms with Crippen LogP contribution in [0.4, 0.5) is 5.69 Å². The number of rotatable bonds is 2. The van der Waals surface area contributed by atoms with Gasteiger partial charge in [0.1, 0.15) is 0 Å². The minimum Gasteiger partial charge on any atom is -0.322 e. The maximum absolute atomic E-state index is 12.3. The molecule has 1 N–H and O–H groups in total. The molecule has 2 nitrogen and oxygen atoms in total. The zero-order chi connectivity index (χ0) is 14.0. The number of hydrogen-bond acceptors (Lipinski definition) is 1. The highest BCUT2D eigenvalue weighted by molar-refractivity contribution is 9.10. The van der Waals surface area contributed by atoms with Crippen LogP contribution >= 0.6 is 15.9 Å². The molecule has 0 saturated heterocycles. The fraction of sp³-hybridized carbons (Fsp3) is 0.188. The van der Waals surface area contributed by atoms with Crippen LogP contribution in [0.2, 0.25) is 0 Å². The fourth-order valence-electron chi connectivity index (χ4n) is 1.88. The maximum atomic E-state index is 12.3. The highest BCUT2D eigenvalue weighted by Crippen LogP contribution is 2.23. The first kappa shape index (κ1) is 13.8. The molecule has 0 aliphatic heterocycles. The molecule has 0 radical (unpaired) electrons. The first-order valence-electron chi connectivity index (χ1n) is 6.13. The van der Waals surface area contributed by atoms with E-state index in [9.17, 15) is 4.79 Å². The highest BCUT2D eigenvalue weighted by atomic mass is 79.9. The number of carbonyl (C=O) groups is 1. The quantitative estimate of drug-likeness (QED) is 0.859. The lowest BCUT2D eigenvalue weighted by Crippen LogP contribution is -2.13. The van der Waals surface area contributed by atoms with Crippen molar-refractivity contribution in [3.05, 3.63) is 63.1 Å². The summed E-state index contributed by atoms with van der Waals surface area (Å²) in [6, 6.07) is 11.7. The molecular formula is C16H16BrNO. The summed E-state index contributed by atoms with van der Waals surface area (Å²) in [6.07, 6.45) is 0. The van der Waals surface area contributed by atoms with Gasteiger partial charge in [-0.25, -0.2) is 0 Å². The second-order valence-corrected chi connectivity index (χ2v) is 5.50. The van der Waals surface area contributed by atoms with Crippen LogP contribution in [0.25, 0.3) is 0 Å². The van der Waals surface area contributed by atoms with E-state index in [1.54, 1.807) is 0 Å². The third-order valence-electron chi connectivity index (χ3n) is 3.08. The van der Waals surface area contributed by atoms with Crippen molar-refractivity contribution >= 4 is 27.5 Å². The maximum Gasteiger partial charge on any atom is 0.256 e. The van der Waals surface area contributed by atoms with Crippen LogP contribution in [0.1, 0.15) is 27.0 Å². The number of anilines is 1. The third kappa shape index (κ3) is 3.04. The van der Waals surface area contributed by atoms with E-state index in [0.717, 1.165) is 26.9 Å². The minimum absolute atomic E-state index is 0.0933. The van der Waals surface area contributed by atoms with Gasteiger partial charge in [0.2, 0.25) is 0 Å². The number of benzene rings is 2. The van der Waals surface area contributed by atoms with Gasteiger partial charge in [0.15, 0.2) is 0 Å². The van der Waals surface area contributed by atoms with Crippen LogP contribution in [-0.2, 0) is 0 Å². The monoisotopic (exact) mass is 317 g/mol. The Kier molecular flexibility index (Phi) is 4.05. The van der Waals surface area contributed by atoms with Crippen LogP contribution < -0.4 is 5.32 Å². The van der Waals surface area contributed by atoms with Gasteiger partial charge in [-0.2, -0.15) is 0 Å². The highest BCUT2D eigenvalue weighted by Gasteiger charge is 2.12. The Hall–Kier alpha value is -1.61. The van der Waals surface area contributed by atoms with Gasteiger partial charge in [0.05, 0.1) is 5.56 Å². The van der Waals surface area contributed by atoms with Crippen LogP contribution in [0.3, 0.4) is 0 Å². The van der Waals surface area contributed by atoms with Crippen LogP contribution in [0.5, 0.6) is 0 Å². The predicted molar refractivity (Wildman–Crippen MR) is 82.7 cm³/mol. The molecule has 2 rings (SSSR count). The van der Waals surface area contributed by atoms with E-state index in [0.29, 0.717) is 5.56 Å². The number of nitrogens with one attached hydrogen (secondary N) is 1. The summed E-state index contributed by atoms with van der Waals surface area (Å²) in [4.78, 5) is 12.3. The molecule has 0 spiro atoms. The Balaban J connectivity index is 2.31. The van der Waals surface area contributed by atoms with Crippen molar-refractivity contribution < 1.29 is 4.79 Å². The zero-order valence-electron chi connectivity index (χ0n) is 11.3. The normalized spacial score (nSPS) is 10.3. The number of aryl methyl sites for hydroxylation is 3. The van der Waals surface area contributed by atoms with Gasteiger partial charge in [0, 0.05) is 10.2 Å². The molecule has 0 bridgehead atoms. The molecule has 0 aliphatic rings. The van der Waals surface area contributed by atoms with E-state index >= 15 is 0 Å². The standard InChI is InChI=1S/C16H16BrNO/c1-10-7-8-11(2)14(9-10)18-16(19)13-6-4-5-12(3)15(13)17/h4-9H,1-3H3,(H,18,19). The van der Waals surface area contributed by atoms with Crippen molar-refractivity contribution in [2.45, 2.75) is 20.8 Å². The van der Waals surface area contributed by atoms with E-state index in [-0.39, 0.29) is 5.91 Å². The van der Waals surface area contributed by atoms with Gasteiger partial charge in [0.25, 0.3) is 5.91 Å². The average molecular weight is 318 g/mol. The number of amides is 1. The van der Waals surface area contributed by atoms with E-state index in [1.807, 2.05) is 57.2 Å². The van der Waals surface area contributed by atoms with Crippen LogP contribution in [0.15, 0.2) is 40.9 Å². The second kappa shape index (κ2) is 5.57. The Morgan fingerprint density at radius 1 is 1.05 bits per heavy atom. The van der Waals surface area contributed by atoms with Crippen molar-refractivity contribution in [2.75, 3.05) is 5.32 Å². The number of carbonyl (C=O) groups excluding carboxylic acids is 1. The molecule has 0 aromatic heterocycles. The summed E-state index contributed by atoms with van der Waals surface area (Å²) in [6.45, 7) is 5.97. The molecule has 0 aliphatic carbocycles. The van der Waals surface area contributed by atoms with Crippen molar-refractivity contribution in [3.8, 4) is 0 Å². The topological polar surface area (TPSA) is 29.1 Å². The van der Waals surface area contributed by atoms with Gasteiger partial charge >= 0.3 is 0 Å². The van der Waals surface area contributed by atoms with Crippen molar-refractivity contribution in [1.29, 1.82) is 0 Å². The molecule has 19 heavy (non-hydrogen) atoms. The van der Waals surface area contributed by atoms with Crippen molar-refractivity contribution in [2.24, 2.45) is 0 Å². The van der Waals surface area contributed by atoms with Gasteiger partial charge < -0.3 is 5.32 Å². The third-order valence-corrected chi connectivity index (χ3v) is 4.13. The van der Waals surface area contributed by atoms with Gasteiger partial charge in [-0.15, -0.1) is 0 Å². The molecule has 0 atom stereocenters. The summed E-state index contributed by atoms with van der Waals surface area (Å²) in [5.41, 5.74) is 4.75. The lowest BCUT2D eigenvalue weighted by atomic mass is 10.1. The van der Waals surface area contributed by atoms with Gasteiger partial charge in [-0.3, -0.25) is 4.79 Å². The molecule has 0 fully saturated rings. The molecule has 2 aromatic carbocycles. The first-order valence-corrected chi connectivity index (χ1v) is 6.92. The minimum atomic E-state index is -0.0933. The summed E-state index contributed by atoms with van der Waals surface area (Å²) >= 11 is 3.47. The first-order chi connectivity index (χ1) is 8.99. The van der Waals surface area contributed by atoms with E-state index in [4.69, 9.17) is 0 Å². The van der Waals surface area contributed by atoms with E-state index in [2.05, 4.69) is 21.2 Å². The summed E-state index contributed by atoms with van der Waals surface area (Å²) in [7, 11) is 0. The largest absolute Gasteiger partial charge is 0.322 e. The molecule has 0 unspecified atom stereocenters. The molecule has 1 amide bonds. The van der Waals surface area contributed by atoms with Gasteiger partial charge in [-0.05, 0) is 65.5 Å². The predicted octanol–water partition coefficient (Wildman–Crippen LogP) is 4.63. The lowest BCUT2D eigenvalue weighted by molar-refractivity contribution is 0.102. The molecular weight excluding hydrogens is 302 g/mol. The second-order valence-electron chi connectivity index (χ2n) is 4.71. The van der Waals surface area contributed by atoms with E-state index < -0.39 is 0 Å². The molecule has 0 saturated carbocycles. The van der Waals surface area contributed by atoms with Crippen molar-refractivity contribution in [1.82, 2.24) is 0 Å². The smallest absolute Gasteiger partial charge is 0.256 e. The molecule has 2 aromatic rings. The summed E-state index contributed by atoms with van der Waals surface area (Å²) in [5.74, 6) is -0.0933. The van der Waals surface area contributed by atoms with Crippen molar-refractivity contribution in [3.63, 3.8) is 0 Å². The Morgan fingerprint density at radius 3 is 2.53 bits per heavy atom. The average Bonchev–Trinajstić information content (AvgIpc) is 2.37. The van der Waals surface area contributed by atoms with Crippen LogP contribution in [-0.4, -0.2) is 5.91 Å². The fourth-order valence-corrected chi connectivity index (χ4v) is 2.33. The molecule has 98 valence electrons. The zero-order valence-corrected chi connectivity index (χ0v) is 12.8. The van der Waals surface area contributed by atoms with E-state index in [1.165, 1.54) is 0 Å². The summed E-state index contributed by atoms with van der Waals surface area (Å²) in [5, 5.41) is 2.97. The Morgan fingerprint density at radius 2 is 1.79 bits per heavy atom.